The van der Waals surface area contributed by atoms with Gasteiger partial charge in [-0.15, -0.1) is 0 Å². The van der Waals surface area contributed by atoms with Crippen LogP contribution in [-0.4, -0.2) is 0 Å². The molecule has 2 rings (SSSR count). The first-order valence-electron chi connectivity index (χ1n) is 5.75. The molecule has 1 unspecified atom stereocenters. The molecule has 0 saturated heterocycles. The Kier molecular flexibility index (Phi) is 3.45. The largest absolute Gasteiger partial charge is 0.457 e. The van der Waals surface area contributed by atoms with Crippen molar-refractivity contribution in [2.24, 2.45) is 5.73 Å². The molecule has 2 heteroatoms. The zero-order chi connectivity index (χ0) is 12.3. The van der Waals surface area contributed by atoms with E-state index in [0.717, 1.165) is 17.1 Å². The smallest absolute Gasteiger partial charge is 0.127 e. The van der Waals surface area contributed by atoms with E-state index < -0.39 is 0 Å². The molecule has 0 radical (unpaired) electrons. The average Bonchev–Trinajstić information content (AvgIpc) is 2.29. The molecule has 2 N–H and O–H groups in total. The van der Waals surface area contributed by atoms with E-state index in [0.29, 0.717) is 0 Å². The molecule has 0 fully saturated rings. The predicted octanol–water partition coefficient (Wildman–Crippen LogP) is 3.81. The first-order valence-corrected chi connectivity index (χ1v) is 5.75. The molecule has 88 valence electrons. The Morgan fingerprint density at radius 2 is 1.71 bits per heavy atom. The third-order valence-electron chi connectivity index (χ3n) is 2.63. The first-order chi connectivity index (χ1) is 8.15. The zero-order valence-corrected chi connectivity index (χ0v) is 10.2. The molecule has 0 aliphatic heterocycles. The van der Waals surface area contributed by atoms with Crippen LogP contribution in [0, 0.1) is 6.92 Å². The summed E-state index contributed by atoms with van der Waals surface area (Å²) in [6.07, 6.45) is 0. The highest BCUT2D eigenvalue weighted by Gasteiger charge is 2.00. The van der Waals surface area contributed by atoms with Gasteiger partial charge < -0.3 is 10.5 Å². The summed E-state index contributed by atoms with van der Waals surface area (Å²) in [5.41, 5.74) is 8.10. The SMILES string of the molecule is Cc1cccc(Oc2ccc(C(C)N)cc2)c1. The lowest BCUT2D eigenvalue weighted by atomic mass is 10.1. The van der Waals surface area contributed by atoms with Crippen molar-refractivity contribution in [3.8, 4) is 11.5 Å². The van der Waals surface area contributed by atoms with E-state index in [-0.39, 0.29) is 6.04 Å². The van der Waals surface area contributed by atoms with Crippen LogP contribution in [0.15, 0.2) is 48.5 Å². The Labute approximate surface area is 102 Å². The van der Waals surface area contributed by atoms with Gasteiger partial charge >= 0.3 is 0 Å². The molecule has 0 spiro atoms. The van der Waals surface area contributed by atoms with Gasteiger partial charge in [0.25, 0.3) is 0 Å². The van der Waals surface area contributed by atoms with Crippen molar-refractivity contribution >= 4 is 0 Å². The van der Waals surface area contributed by atoms with Gasteiger partial charge in [-0.05, 0) is 49.2 Å². The Morgan fingerprint density at radius 1 is 1.00 bits per heavy atom. The van der Waals surface area contributed by atoms with E-state index >= 15 is 0 Å². The molecule has 0 saturated carbocycles. The van der Waals surface area contributed by atoms with Crippen LogP contribution in [0.1, 0.15) is 24.1 Å². The minimum atomic E-state index is 0.0584. The van der Waals surface area contributed by atoms with Gasteiger partial charge in [-0.3, -0.25) is 0 Å². The third kappa shape index (κ3) is 3.08. The molecule has 0 heterocycles. The second-order valence-electron chi connectivity index (χ2n) is 4.28. The molecule has 2 aromatic carbocycles. The number of aryl methyl sites for hydroxylation is 1. The average molecular weight is 227 g/mol. The van der Waals surface area contributed by atoms with Crippen molar-refractivity contribution in [1.82, 2.24) is 0 Å². The minimum absolute atomic E-state index is 0.0584. The Hall–Kier alpha value is -1.80. The molecule has 0 amide bonds. The standard InChI is InChI=1S/C15H17NO/c1-11-4-3-5-15(10-11)17-14-8-6-13(7-9-14)12(2)16/h3-10,12H,16H2,1-2H3. The maximum atomic E-state index is 5.80. The van der Waals surface area contributed by atoms with E-state index in [9.17, 15) is 0 Å². The van der Waals surface area contributed by atoms with Gasteiger partial charge in [0.2, 0.25) is 0 Å². The highest BCUT2D eigenvalue weighted by Crippen LogP contribution is 2.23. The number of rotatable bonds is 3. The van der Waals surface area contributed by atoms with Crippen LogP contribution in [0.3, 0.4) is 0 Å². The maximum absolute atomic E-state index is 5.80. The predicted molar refractivity (Wildman–Crippen MR) is 70.3 cm³/mol. The fourth-order valence-corrected chi connectivity index (χ4v) is 1.65. The summed E-state index contributed by atoms with van der Waals surface area (Å²) < 4.78 is 5.75. The Balaban J connectivity index is 2.14. The van der Waals surface area contributed by atoms with Crippen molar-refractivity contribution < 1.29 is 4.74 Å². The molecule has 0 aliphatic rings. The lowest BCUT2D eigenvalue weighted by molar-refractivity contribution is 0.482. The van der Waals surface area contributed by atoms with Gasteiger partial charge in [0.05, 0.1) is 0 Å². The summed E-state index contributed by atoms with van der Waals surface area (Å²) in [5.74, 6) is 1.69. The van der Waals surface area contributed by atoms with Crippen molar-refractivity contribution in [2.45, 2.75) is 19.9 Å². The Bertz CT molecular complexity index is 489. The van der Waals surface area contributed by atoms with Crippen molar-refractivity contribution in [3.05, 3.63) is 59.7 Å². The van der Waals surface area contributed by atoms with Crippen LogP contribution in [0.25, 0.3) is 0 Å². The molecule has 0 aromatic heterocycles. The summed E-state index contributed by atoms with van der Waals surface area (Å²) >= 11 is 0. The molecule has 2 nitrogen and oxygen atoms in total. The quantitative estimate of drug-likeness (QED) is 0.865. The van der Waals surface area contributed by atoms with Crippen molar-refractivity contribution in [3.63, 3.8) is 0 Å². The van der Waals surface area contributed by atoms with Gasteiger partial charge in [-0.25, -0.2) is 0 Å². The Morgan fingerprint density at radius 3 is 2.29 bits per heavy atom. The minimum Gasteiger partial charge on any atom is -0.457 e. The first kappa shape index (κ1) is 11.7. The van der Waals surface area contributed by atoms with E-state index in [2.05, 4.69) is 0 Å². The lowest BCUT2D eigenvalue weighted by Gasteiger charge is -2.09. The number of benzene rings is 2. The van der Waals surface area contributed by atoms with Crippen LogP contribution < -0.4 is 10.5 Å². The number of hydrogen-bond donors (Lipinski definition) is 1. The van der Waals surface area contributed by atoms with Crippen LogP contribution in [0.4, 0.5) is 0 Å². The second-order valence-corrected chi connectivity index (χ2v) is 4.28. The molecular weight excluding hydrogens is 210 g/mol. The van der Waals surface area contributed by atoms with Crippen molar-refractivity contribution in [2.75, 3.05) is 0 Å². The van der Waals surface area contributed by atoms with Crippen LogP contribution in [-0.2, 0) is 0 Å². The maximum Gasteiger partial charge on any atom is 0.127 e. The summed E-state index contributed by atoms with van der Waals surface area (Å²) in [6, 6.07) is 15.9. The molecule has 17 heavy (non-hydrogen) atoms. The van der Waals surface area contributed by atoms with Gasteiger partial charge in [-0.2, -0.15) is 0 Å². The highest BCUT2D eigenvalue weighted by atomic mass is 16.5. The number of ether oxygens (including phenoxy) is 1. The fourth-order valence-electron chi connectivity index (χ4n) is 1.65. The number of hydrogen-bond acceptors (Lipinski definition) is 2. The third-order valence-corrected chi connectivity index (χ3v) is 2.63. The van der Waals surface area contributed by atoms with Crippen LogP contribution >= 0.6 is 0 Å². The monoisotopic (exact) mass is 227 g/mol. The van der Waals surface area contributed by atoms with Gasteiger partial charge in [-0.1, -0.05) is 24.3 Å². The van der Waals surface area contributed by atoms with Gasteiger partial charge in [0.15, 0.2) is 0 Å². The van der Waals surface area contributed by atoms with E-state index in [1.807, 2.05) is 62.4 Å². The summed E-state index contributed by atoms with van der Waals surface area (Å²) in [5, 5.41) is 0. The molecule has 0 aliphatic carbocycles. The van der Waals surface area contributed by atoms with Crippen LogP contribution in [0.5, 0.6) is 11.5 Å². The molecular formula is C15H17NO. The summed E-state index contributed by atoms with van der Waals surface area (Å²) in [7, 11) is 0. The second kappa shape index (κ2) is 5.02. The lowest BCUT2D eigenvalue weighted by Crippen LogP contribution is -2.04. The van der Waals surface area contributed by atoms with Crippen molar-refractivity contribution in [1.29, 1.82) is 0 Å². The molecule has 0 bridgehead atoms. The molecule has 2 aromatic rings. The van der Waals surface area contributed by atoms with E-state index in [4.69, 9.17) is 10.5 Å². The fraction of sp³-hybridized carbons (Fsp3) is 0.200. The van der Waals surface area contributed by atoms with Crippen LogP contribution in [0.2, 0.25) is 0 Å². The molecule has 1 atom stereocenters. The zero-order valence-electron chi connectivity index (χ0n) is 10.2. The highest BCUT2D eigenvalue weighted by molar-refractivity contribution is 5.35. The van der Waals surface area contributed by atoms with Gasteiger partial charge in [0.1, 0.15) is 11.5 Å². The van der Waals surface area contributed by atoms with E-state index in [1.165, 1.54) is 5.56 Å². The summed E-state index contributed by atoms with van der Waals surface area (Å²) in [6.45, 7) is 4.02. The van der Waals surface area contributed by atoms with Gasteiger partial charge in [0, 0.05) is 6.04 Å². The number of nitrogens with two attached hydrogens (primary N) is 1. The normalized spacial score (nSPS) is 12.2. The summed E-state index contributed by atoms with van der Waals surface area (Å²) in [4.78, 5) is 0. The topological polar surface area (TPSA) is 35.2 Å². The van der Waals surface area contributed by atoms with E-state index in [1.54, 1.807) is 0 Å².